The van der Waals surface area contributed by atoms with Crippen LogP contribution in [0.25, 0.3) is 0 Å². The summed E-state index contributed by atoms with van der Waals surface area (Å²) >= 11 is 5.81. The van der Waals surface area contributed by atoms with Crippen molar-refractivity contribution in [3.8, 4) is 0 Å². The number of nitrogens with one attached hydrogen (secondary N) is 1. The number of pyridine rings is 1. The maximum absolute atomic E-state index is 12.6. The molecule has 1 N–H and O–H groups in total. The summed E-state index contributed by atoms with van der Waals surface area (Å²) in [5.41, 5.74) is 0.859. The van der Waals surface area contributed by atoms with Crippen LogP contribution in [0.15, 0.2) is 53.8 Å². The Morgan fingerprint density at radius 2 is 1.75 bits per heavy atom. The average molecular weight is 343 g/mol. The Morgan fingerprint density at radius 1 is 1.08 bits per heavy atom. The molecular weight excluding hydrogens is 332 g/mol. The van der Waals surface area contributed by atoms with Crippen LogP contribution < -0.4 is 10.2 Å². The molecule has 1 aromatic heterocycles. The Labute approximate surface area is 142 Å². The van der Waals surface area contributed by atoms with E-state index >= 15 is 0 Å². The summed E-state index contributed by atoms with van der Waals surface area (Å²) < 4.78 is 0. The third kappa shape index (κ3) is 3.16. The molecule has 1 fully saturated rings. The van der Waals surface area contributed by atoms with Gasteiger partial charge in [-0.1, -0.05) is 11.6 Å². The van der Waals surface area contributed by atoms with Crippen molar-refractivity contribution in [2.45, 2.75) is 0 Å². The zero-order valence-electron chi connectivity index (χ0n) is 12.2. The molecule has 0 unspecified atom stereocenters. The molecule has 1 saturated heterocycles. The van der Waals surface area contributed by atoms with E-state index in [0.29, 0.717) is 16.4 Å². The van der Waals surface area contributed by atoms with E-state index in [1.54, 1.807) is 36.7 Å². The number of hydrogen-bond acceptors (Lipinski definition) is 5. The lowest BCUT2D eigenvalue weighted by Gasteiger charge is -2.28. The van der Waals surface area contributed by atoms with Crippen molar-refractivity contribution in [1.82, 2.24) is 10.3 Å². The maximum atomic E-state index is 12.6. The van der Waals surface area contributed by atoms with E-state index in [4.69, 9.17) is 11.6 Å². The largest absolute Gasteiger partial charge is 0.335 e. The van der Waals surface area contributed by atoms with Crippen LogP contribution >= 0.6 is 11.6 Å². The number of aliphatic imine (C=N–C) groups is 1. The number of rotatable bonds is 3. The van der Waals surface area contributed by atoms with E-state index in [1.807, 2.05) is 0 Å². The molecule has 0 saturated carbocycles. The number of barbiturate groups is 1. The molecule has 0 radical (unpaired) electrons. The van der Waals surface area contributed by atoms with Gasteiger partial charge >= 0.3 is 6.03 Å². The first-order valence-corrected chi connectivity index (χ1v) is 7.32. The Morgan fingerprint density at radius 3 is 2.42 bits per heavy atom. The van der Waals surface area contributed by atoms with Crippen molar-refractivity contribution >= 4 is 47.0 Å². The second-order valence-electron chi connectivity index (χ2n) is 4.91. The minimum absolute atomic E-state index is 0.316. The number of amides is 4. The molecule has 4 amide bonds. The van der Waals surface area contributed by atoms with Crippen molar-refractivity contribution < 1.29 is 14.4 Å². The zero-order chi connectivity index (χ0) is 17.1. The van der Waals surface area contributed by atoms with Gasteiger partial charge in [0.2, 0.25) is 5.91 Å². The van der Waals surface area contributed by atoms with Gasteiger partial charge in [-0.05, 0) is 36.4 Å². The zero-order valence-corrected chi connectivity index (χ0v) is 13.0. The fraction of sp³-hybridized carbons (Fsp3) is 0.0625. The second-order valence-corrected chi connectivity index (χ2v) is 5.34. The topological polar surface area (TPSA) is 91.7 Å². The number of urea groups is 1. The number of carbonyl (C=O) groups is 3. The van der Waals surface area contributed by atoms with Gasteiger partial charge in [0, 0.05) is 23.6 Å². The van der Waals surface area contributed by atoms with Gasteiger partial charge < -0.3 is 0 Å². The number of hydrogen-bond donors (Lipinski definition) is 1. The molecule has 1 atom stereocenters. The van der Waals surface area contributed by atoms with Crippen LogP contribution in [0.4, 0.5) is 16.2 Å². The summed E-state index contributed by atoms with van der Waals surface area (Å²) in [5.74, 6) is -2.59. The molecule has 0 aliphatic carbocycles. The van der Waals surface area contributed by atoms with Gasteiger partial charge in [-0.3, -0.25) is 24.9 Å². The van der Waals surface area contributed by atoms with E-state index in [0.717, 1.165) is 4.90 Å². The highest BCUT2D eigenvalue weighted by Gasteiger charge is 2.40. The fourth-order valence-electron chi connectivity index (χ4n) is 2.15. The Hall–Kier alpha value is -3.06. The molecule has 0 spiro atoms. The second kappa shape index (κ2) is 6.59. The number of aromatic nitrogens is 1. The van der Waals surface area contributed by atoms with Crippen LogP contribution in [0.3, 0.4) is 0 Å². The summed E-state index contributed by atoms with van der Waals surface area (Å²) in [4.78, 5) is 45.4. The van der Waals surface area contributed by atoms with Crippen LogP contribution in [0.5, 0.6) is 0 Å². The minimum atomic E-state index is -1.20. The number of imide groups is 2. The number of benzene rings is 1. The summed E-state index contributed by atoms with van der Waals surface area (Å²) in [6, 6.07) is 8.59. The van der Waals surface area contributed by atoms with E-state index in [-0.39, 0.29) is 0 Å². The maximum Gasteiger partial charge on any atom is 0.335 e. The first-order valence-electron chi connectivity index (χ1n) is 6.95. The minimum Gasteiger partial charge on any atom is -0.276 e. The van der Waals surface area contributed by atoms with Crippen LogP contribution in [-0.2, 0) is 9.59 Å². The predicted octanol–water partition coefficient (Wildman–Crippen LogP) is 2.34. The first kappa shape index (κ1) is 15.8. The van der Waals surface area contributed by atoms with Crippen molar-refractivity contribution in [2.75, 3.05) is 4.90 Å². The van der Waals surface area contributed by atoms with Crippen LogP contribution in [-0.4, -0.2) is 29.0 Å². The van der Waals surface area contributed by atoms with Crippen LogP contribution in [0.1, 0.15) is 0 Å². The average Bonchev–Trinajstić information content (AvgIpc) is 2.57. The number of carbonyl (C=O) groups excluding carboxylic acids is 3. The molecule has 24 heavy (non-hydrogen) atoms. The molecule has 7 nitrogen and oxygen atoms in total. The Balaban J connectivity index is 1.88. The quantitative estimate of drug-likeness (QED) is 0.684. The van der Waals surface area contributed by atoms with E-state index < -0.39 is 23.8 Å². The highest BCUT2D eigenvalue weighted by Crippen LogP contribution is 2.22. The standard InChI is InChI=1S/C16H11ClN4O3/c17-10-1-3-12(4-2-10)21-15(23)13(14(22)20-16(21)24)9-19-11-5-7-18-8-6-11/h1-9,13H,(H,20,22,24)/t13-/m0/s1. The molecule has 1 aliphatic heterocycles. The third-order valence-electron chi connectivity index (χ3n) is 3.32. The molecule has 8 heteroatoms. The predicted molar refractivity (Wildman–Crippen MR) is 88.4 cm³/mol. The van der Waals surface area contributed by atoms with Gasteiger partial charge in [-0.25, -0.2) is 9.69 Å². The number of anilines is 1. The Kier molecular flexibility index (Phi) is 4.35. The lowest BCUT2D eigenvalue weighted by Crippen LogP contribution is -2.58. The highest BCUT2D eigenvalue weighted by molar-refractivity contribution is 6.33. The molecule has 2 aromatic rings. The van der Waals surface area contributed by atoms with Gasteiger partial charge in [0.25, 0.3) is 5.91 Å². The van der Waals surface area contributed by atoms with Gasteiger partial charge in [-0.2, -0.15) is 0 Å². The molecule has 1 aromatic carbocycles. The van der Waals surface area contributed by atoms with Crippen LogP contribution in [0.2, 0.25) is 5.02 Å². The first-order chi connectivity index (χ1) is 11.6. The smallest absolute Gasteiger partial charge is 0.276 e. The summed E-state index contributed by atoms with van der Waals surface area (Å²) in [6.07, 6.45) is 4.29. The number of halogens is 1. The number of nitrogens with zero attached hydrogens (tertiary/aromatic N) is 3. The van der Waals surface area contributed by atoms with E-state index in [9.17, 15) is 14.4 Å². The lowest BCUT2D eigenvalue weighted by molar-refractivity contribution is -0.131. The summed E-state index contributed by atoms with van der Waals surface area (Å²) in [5, 5.41) is 2.62. The lowest BCUT2D eigenvalue weighted by atomic mass is 10.1. The molecule has 0 bridgehead atoms. The van der Waals surface area contributed by atoms with Gasteiger partial charge in [0.05, 0.1) is 11.4 Å². The van der Waals surface area contributed by atoms with Crippen molar-refractivity contribution in [3.05, 3.63) is 53.8 Å². The molecule has 1 aliphatic rings. The van der Waals surface area contributed by atoms with Gasteiger partial charge in [-0.15, -0.1) is 0 Å². The van der Waals surface area contributed by atoms with Gasteiger partial charge in [0.15, 0.2) is 5.92 Å². The van der Waals surface area contributed by atoms with E-state index in [2.05, 4.69) is 15.3 Å². The molecule has 120 valence electrons. The molecule has 2 heterocycles. The third-order valence-corrected chi connectivity index (χ3v) is 3.57. The van der Waals surface area contributed by atoms with E-state index in [1.165, 1.54) is 18.3 Å². The highest BCUT2D eigenvalue weighted by atomic mass is 35.5. The van der Waals surface area contributed by atoms with Crippen molar-refractivity contribution in [1.29, 1.82) is 0 Å². The molecular formula is C16H11ClN4O3. The molecule has 3 rings (SSSR count). The summed E-state index contributed by atoms with van der Waals surface area (Å²) in [7, 11) is 0. The van der Waals surface area contributed by atoms with Crippen molar-refractivity contribution in [2.24, 2.45) is 10.9 Å². The fourth-order valence-corrected chi connectivity index (χ4v) is 2.27. The van der Waals surface area contributed by atoms with Crippen LogP contribution in [0, 0.1) is 5.92 Å². The SMILES string of the molecule is O=C1NC(=O)N(c2ccc(Cl)cc2)C(=O)[C@H]1C=Nc1ccncc1. The monoisotopic (exact) mass is 342 g/mol. The summed E-state index contributed by atoms with van der Waals surface area (Å²) in [6.45, 7) is 0. The van der Waals surface area contributed by atoms with Crippen molar-refractivity contribution in [3.63, 3.8) is 0 Å². The van der Waals surface area contributed by atoms with Gasteiger partial charge in [0.1, 0.15) is 0 Å². The normalized spacial score (nSPS) is 18.1. The Bertz CT molecular complexity index is 821.